The maximum absolute atomic E-state index is 12.6. The molecule has 4 rings (SSSR count). The minimum absolute atomic E-state index is 0.128. The molecule has 47 nitrogen and oxygen atoms in total. The van der Waals surface area contributed by atoms with Gasteiger partial charge in [0.2, 0.25) is 0 Å². The normalized spacial score (nSPS) is 11.8. The van der Waals surface area contributed by atoms with Crippen LogP contribution in [0.2, 0.25) is 0 Å². The summed E-state index contributed by atoms with van der Waals surface area (Å²) >= 11 is 0. The van der Waals surface area contributed by atoms with Gasteiger partial charge in [-0.25, -0.2) is 14.8 Å². The lowest BCUT2D eigenvalue weighted by Crippen LogP contribution is -2.17. The van der Waals surface area contributed by atoms with Crippen LogP contribution in [-0.2, 0) is 198 Å². The number of nitrogens with two attached hydrogens (primary N) is 1. The Kier molecular flexibility index (Phi) is 93.5. The number of anilines is 1. The summed E-state index contributed by atoms with van der Waals surface area (Å²) in [5.41, 5.74) is 9.12. The molecular weight excluding hydrogens is 1870 g/mol. The first-order chi connectivity index (χ1) is 69.9. The number of nitrogens with zero attached hydrogens (tertiary/aromatic N) is 5. The number of aromatic nitrogens is 6. The Morgan fingerprint density at radius 2 is 0.482 bits per heavy atom. The molecule has 4 aromatic rings. The van der Waals surface area contributed by atoms with E-state index in [1.54, 1.807) is 18.7 Å². The van der Waals surface area contributed by atoms with Gasteiger partial charge in [-0.2, -0.15) is 5.10 Å². The fourth-order valence-electron chi connectivity index (χ4n) is 11.3. The lowest BCUT2D eigenvalue weighted by atomic mass is 10.1. The highest BCUT2D eigenvalue weighted by Gasteiger charge is 2.15. The molecule has 1 aromatic carbocycles. The van der Waals surface area contributed by atoms with Crippen molar-refractivity contribution < 1.29 is 185 Å². The van der Waals surface area contributed by atoms with Crippen LogP contribution >= 0.6 is 0 Å². The molecule has 0 fully saturated rings. The zero-order valence-corrected chi connectivity index (χ0v) is 84.1. The van der Waals surface area contributed by atoms with E-state index < -0.39 is 0 Å². The Labute approximate surface area is 831 Å². The fourth-order valence-corrected chi connectivity index (χ4v) is 11.3. The average molecular weight is 2040 g/mol. The molecule has 0 saturated carbocycles. The Balaban J connectivity index is 0.682. The first kappa shape index (κ1) is 128. The maximum atomic E-state index is 12.6. The molecule has 820 valence electrons. The smallest absolute Gasteiger partial charge is 0.328 e. The van der Waals surface area contributed by atoms with Crippen molar-refractivity contribution in [2.45, 2.75) is 26.4 Å². The van der Waals surface area contributed by atoms with Crippen LogP contribution in [0.5, 0.6) is 0 Å². The summed E-state index contributed by atoms with van der Waals surface area (Å²) in [5, 5.41) is 4.61. The number of benzene rings is 1. The van der Waals surface area contributed by atoms with Crippen LogP contribution < -0.4 is 11.4 Å². The summed E-state index contributed by atoms with van der Waals surface area (Å²) in [6.45, 7) is 36.9. The highest BCUT2D eigenvalue weighted by atomic mass is 16.6. The zero-order chi connectivity index (χ0) is 99.7. The topological polar surface area (TPSA) is 475 Å². The predicted molar refractivity (Wildman–Crippen MR) is 511 cm³/mol. The second-order valence-electron chi connectivity index (χ2n) is 29.5. The summed E-state index contributed by atoms with van der Waals surface area (Å²) in [5.74, 6) is 0.361. The first-order valence-electron chi connectivity index (χ1n) is 49.2. The third kappa shape index (κ3) is 84.2. The van der Waals surface area contributed by atoms with E-state index in [0.29, 0.717) is 506 Å². The van der Waals surface area contributed by atoms with E-state index in [-0.39, 0.29) is 37.1 Å². The molecule has 0 aliphatic heterocycles. The number of methoxy groups -OCH3 is 1. The minimum atomic E-state index is -0.357. The Hall–Kier alpha value is -5.43. The minimum Gasteiger partial charge on any atom is -0.464 e. The van der Waals surface area contributed by atoms with Gasteiger partial charge in [0.05, 0.1) is 508 Å². The predicted octanol–water partition coefficient (Wildman–Crippen LogP) is 2.10. The Morgan fingerprint density at radius 1 is 0.277 bits per heavy atom. The summed E-state index contributed by atoms with van der Waals surface area (Å²) in [7, 11) is 1.64. The maximum Gasteiger partial charge on any atom is 0.328 e. The van der Waals surface area contributed by atoms with Crippen molar-refractivity contribution >= 4 is 23.0 Å². The van der Waals surface area contributed by atoms with E-state index in [0.717, 1.165) is 16.8 Å². The van der Waals surface area contributed by atoms with Gasteiger partial charge < -0.3 is 191 Å². The highest BCUT2D eigenvalue weighted by molar-refractivity contribution is 5.81. The van der Waals surface area contributed by atoms with Crippen molar-refractivity contribution in [3.8, 4) is 11.3 Å². The molecule has 47 heteroatoms. The Morgan fingerprint density at radius 3 is 0.695 bits per heavy atom. The summed E-state index contributed by atoms with van der Waals surface area (Å²) in [6.07, 6.45) is 1.96. The van der Waals surface area contributed by atoms with Gasteiger partial charge in [0.15, 0.2) is 11.5 Å². The van der Waals surface area contributed by atoms with Gasteiger partial charge in [-0.05, 0) is 18.6 Å². The summed E-state index contributed by atoms with van der Waals surface area (Å²) < 4.78 is 213. The quantitative estimate of drug-likeness (QED) is 0.0472. The van der Waals surface area contributed by atoms with E-state index in [1.807, 2.05) is 36.5 Å². The zero-order valence-electron chi connectivity index (χ0n) is 84.1. The van der Waals surface area contributed by atoms with Gasteiger partial charge >= 0.3 is 11.7 Å². The molecule has 0 unspecified atom stereocenters. The van der Waals surface area contributed by atoms with Crippen LogP contribution in [0.3, 0.4) is 0 Å². The number of hydrogen-bond acceptors (Lipinski definition) is 44. The molecule has 0 radical (unpaired) electrons. The third-order valence-electron chi connectivity index (χ3n) is 18.5. The van der Waals surface area contributed by atoms with E-state index in [1.165, 1.54) is 4.57 Å². The number of nitrogen functional groups attached to an aromatic ring is 1. The number of esters is 1. The molecule has 0 aliphatic rings. The van der Waals surface area contributed by atoms with Crippen LogP contribution in [0.25, 0.3) is 22.4 Å². The molecule has 3 N–H and O–H groups in total. The number of hydrogen-bond donors (Lipinski definition) is 2. The van der Waals surface area contributed by atoms with Gasteiger partial charge in [-0.15, -0.1) is 0 Å². The van der Waals surface area contributed by atoms with Crippen LogP contribution in [0.15, 0.2) is 41.3 Å². The number of aromatic amines is 1. The average Bonchev–Trinajstić information content (AvgIpc) is 1.63. The van der Waals surface area contributed by atoms with Gasteiger partial charge in [-0.3, -0.25) is 14.0 Å². The molecule has 0 atom stereocenters. The van der Waals surface area contributed by atoms with E-state index in [4.69, 9.17) is 186 Å². The molecule has 141 heavy (non-hydrogen) atoms. The fraction of sp³-hybridized carbons (Fsp3) is 0.840. The Bertz CT molecular complexity index is 3280. The van der Waals surface area contributed by atoms with Crippen LogP contribution in [0, 0.1) is 6.92 Å². The van der Waals surface area contributed by atoms with Crippen molar-refractivity contribution in [2.75, 3.05) is 502 Å². The van der Waals surface area contributed by atoms with Crippen molar-refractivity contribution in [3.63, 3.8) is 0 Å². The number of imidazole rings is 1. The van der Waals surface area contributed by atoms with Gasteiger partial charge in [0.25, 0.3) is 0 Å². The number of ether oxygens (including phenoxy) is 38. The van der Waals surface area contributed by atoms with E-state index >= 15 is 0 Å². The second-order valence-corrected chi connectivity index (χ2v) is 29.5. The summed E-state index contributed by atoms with van der Waals surface area (Å²) in [4.78, 5) is 36.1. The third-order valence-corrected chi connectivity index (χ3v) is 18.5. The molecule has 3 heterocycles. The van der Waals surface area contributed by atoms with Gasteiger partial charge in [-0.1, -0.05) is 24.3 Å². The van der Waals surface area contributed by atoms with Crippen molar-refractivity contribution in [1.82, 2.24) is 29.3 Å². The van der Waals surface area contributed by atoms with Gasteiger partial charge in [0.1, 0.15) is 17.9 Å². The standard InChI is InChI=1S/C94H169N7O40/c1-86-96-92(95)91-93(97-86)101(94(103)98-91)85-87-3-5-88(6-4-87)89-7-9-100(99-89)10-12-141-90(102)8-11-105-15-16-107-19-20-109-23-24-111-27-28-113-31-32-115-35-36-117-39-40-119-43-44-121-47-48-123-51-52-125-55-56-127-59-60-129-63-64-131-67-68-133-71-72-135-75-76-137-79-80-139-83-84-140-82-81-138-78-77-136-74-73-134-70-69-132-66-65-130-62-61-128-58-57-126-54-53-124-50-49-122-46-45-120-42-41-118-38-37-116-34-33-114-30-29-112-26-25-110-22-21-108-18-17-106-14-13-104-2/h3-7,9H,8,10-85H2,1-2H3,(H,98,103)(H2,95,96,97). The molecule has 0 aliphatic carbocycles. The molecule has 0 spiro atoms. The second kappa shape index (κ2) is 103. The number of fused-ring (bicyclic) bond motifs is 1. The van der Waals surface area contributed by atoms with Crippen LogP contribution in [-0.4, -0.2) is 531 Å². The number of carbonyl (C=O) groups is 1. The van der Waals surface area contributed by atoms with Crippen molar-refractivity contribution in [2.24, 2.45) is 0 Å². The SMILES string of the molecule is COCCOCCOCCOCCOCCOCCOCCOCCOCCOCCOCCOCCOCCOCCOCCOCCOCCOCCOCCOCCOCCOCCOCCOCCOCCOCCOCCOCCOCCOCCOCCOCCOCCOCCOCCOCCOCCC(=O)OCCn1ccc(-c2ccc(Cn3c(=O)[nH]c4c(N)nc(C)nc43)cc2)n1. The van der Waals surface area contributed by atoms with Crippen molar-refractivity contribution in [3.05, 3.63) is 58.4 Å². The molecule has 0 amide bonds. The monoisotopic (exact) mass is 2040 g/mol. The first-order valence-corrected chi connectivity index (χ1v) is 49.2. The number of carbonyl (C=O) groups excluding carboxylic acids is 1. The molecule has 3 aromatic heterocycles. The molecule has 0 saturated heterocycles. The highest BCUT2D eigenvalue weighted by Crippen LogP contribution is 2.20. The number of H-pyrrole nitrogens is 1. The lowest BCUT2D eigenvalue weighted by Gasteiger charge is -2.09. The molecule has 0 bridgehead atoms. The number of rotatable bonds is 117. The summed E-state index contributed by atoms with van der Waals surface area (Å²) in [6, 6.07) is 9.63. The number of nitrogens with one attached hydrogen (secondary N) is 1. The van der Waals surface area contributed by atoms with Crippen LogP contribution in [0.4, 0.5) is 5.82 Å². The van der Waals surface area contributed by atoms with Crippen molar-refractivity contribution in [1.29, 1.82) is 0 Å². The van der Waals surface area contributed by atoms with E-state index in [2.05, 4.69) is 20.1 Å². The van der Waals surface area contributed by atoms with Gasteiger partial charge in [0, 0.05) is 18.9 Å². The molecular formula is C94H169N7O40. The van der Waals surface area contributed by atoms with E-state index in [9.17, 15) is 9.59 Å². The lowest BCUT2D eigenvalue weighted by molar-refractivity contribution is -0.145. The van der Waals surface area contributed by atoms with Crippen LogP contribution in [0.1, 0.15) is 17.8 Å². The number of aryl methyl sites for hydroxylation is 1. The largest absolute Gasteiger partial charge is 0.464 e.